The van der Waals surface area contributed by atoms with Crippen molar-refractivity contribution < 1.29 is 9.18 Å². The molecule has 0 saturated carbocycles. The summed E-state index contributed by atoms with van der Waals surface area (Å²) < 4.78 is 13.2. The Hall–Kier alpha value is -1.09. The third-order valence-corrected chi connectivity index (χ3v) is 4.14. The second-order valence-electron chi connectivity index (χ2n) is 5.00. The number of carbonyl (C=O) groups excluding carboxylic acids is 1. The summed E-state index contributed by atoms with van der Waals surface area (Å²) >= 11 is 6.14. The Labute approximate surface area is 112 Å². The third-order valence-electron chi connectivity index (χ3n) is 3.49. The van der Waals surface area contributed by atoms with E-state index in [0.717, 1.165) is 6.42 Å². The average molecular weight is 270 g/mol. The van der Waals surface area contributed by atoms with Crippen LogP contribution in [0.4, 0.5) is 4.39 Å². The monoisotopic (exact) mass is 269 g/mol. The van der Waals surface area contributed by atoms with Gasteiger partial charge in [0.2, 0.25) is 0 Å². The Morgan fingerprint density at radius 3 is 2.83 bits per heavy atom. The molecule has 2 unspecified atom stereocenters. The third kappa shape index (κ3) is 2.66. The van der Waals surface area contributed by atoms with E-state index in [2.05, 4.69) is 0 Å². The number of aryl methyl sites for hydroxylation is 1. The fourth-order valence-electron chi connectivity index (χ4n) is 2.26. The molecule has 18 heavy (non-hydrogen) atoms. The van der Waals surface area contributed by atoms with E-state index in [1.807, 2.05) is 6.92 Å². The highest BCUT2D eigenvalue weighted by molar-refractivity contribution is 6.20. The Morgan fingerprint density at radius 1 is 1.50 bits per heavy atom. The minimum absolute atomic E-state index is 0.0338. The maximum absolute atomic E-state index is 13.2. The predicted octanol–water partition coefficient (Wildman–Crippen LogP) is 3.22. The minimum atomic E-state index is -0.278. The highest BCUT2D eigenvalue weighted by atomic mass is 35.5. The van der Waals surface area contributed by atoms with Crippen molar-refractivity contribution in [2.24, 2.45) is 5.92 Å². The normalized spacial score (nSPS) is 24.1. The molecule has 1 aromatic carbocycles. The minimum Gasteiger partial charge on any atom is -0.338 e. The molecule has 2 rings (SSSR count). The molecule has 1 aliphatic rings. The summed E-state index contributed by atoms with van der Waals surface area (Å²) in [6, 6.07) is 4.50. The number of benzene rings is 1. The van der Waals surface area contributed by atoms with Crippen molar-refractivity contribution in [2.45, 2.75) is 25.6 Å². The van der Waals surface area contributed by atoms with Crippen molar-refractivity contribution in [3.05, 3.63) is 35.1 Å². The molecule has 0 N–H and O–H groups in total. The van der Waals surface area contributed by atoms with Gasteiger partial charge in [-0.05, 0) is 43.0 Å². The molecule has 2 nitrogen and oxygen atoms in total. The molecular formula is C14H17ClFNO. The molecular weight excluding hydrogens is 253 g/mol. The van der Waals surface area contributed by atoms with Crippen molar-refractivity contribution in [3.63, 3.8) is 0 Å². The lowest BCUT2D eigenvalue weighted by Gasteiger charge is -2.34. The largest absolute Gasteiger partial charge is 0.338 e. The van der Waals surface area contributed by atoms with E-state index in [1.54, 1.807) is 24.0 Å². The van der Waals surface area contributed by atoms with Gasteiger partial charge in [0.05, 0.1) is 0 Å². The summed E-state index contributed by atoms with van der Waals surface area (Å²) in [5.74, 6) is -0.0150. The lowest BCUT2D eigenvalue weighted by molar-refractivity contribution is 0.0687. The number of likely N-dealkylation sites (tertiary alicyclic amines) is 1. The standard InChI is InChI=1S/C14H17ClFNO/c1-9-7-11(3-4-13(9)16)14(18)17-6-5-12(15)10(2)8-17/h3-4,7,10,12H,5-6,8H2,1-2H3. The highest BCUT2D eigenvalue weighted by Gasteiger charge is 2.27. The topological polar surface area (TPSA) is 20.3 Å². The van der Waals surface area contributed by atoms with Crippen LogP contribution in [0.3, 0.4) is 0 Å². The fraction of sp³-hybridized carbons (Fsp3) is 0.500. The molecule has 98 valence electrons. The average Bonchev–Trinajstić information content (AvgIpc) is 2.35. The highest BCUT2D eigenvalue weighted by Crippen LogP contribution is 2.23. The first-order chi connectivity index (χ1) is 8.49. The van der Waals surface area contributed by atoms with Gasteiger partial charge < -0.3 is 4.90 Å². The zero-order valence-corrected chi connectivity index (χ0v) is 11.4. The lowest BCUT2D eigenvalue weighted by Crippen LogP contribution is -2.43. The Bertz CT molecular complexity index is 463. The van der Waals surface area contributed by atoms with Crippen LogP contribution in [-0.2, 0) is 0 Å². The quantitative estimate of drug-likeness (QED) is 0.717. The van der Waals surface area contributed by atoms with Crippen LogP contribution in [0.2, 0.25) is 0 Å². The van der Waals surface area contributed by atoms with Crippen molar-refractivity contribution in [1.29, 1.82) is 0 Å². The number of amides is 1. The molecule has 1 fully saturated rings. The van der Waals surface area contributed by atoms with Crippen LogP contribution >= 0.6 is 11.6 Å². The molecule has 0 aromatic heterocycles. The van der Waals surface area contributed by atoms with Gasteiger partial charge in [0.25, 0.3) is 5.91 Å². The lowest BCUT2D eigenvalue weighted by atomic mass is 9.98. The van der Waals surface area contributed by atoms with E-state index >= 15 is 0 Å². The maximum atomic E-state index is 13.2. The van der Waals surface area contributed by atoms with Crippen LogP contribution in [0.15, 0.2) is 18.2 Å². The number of hydrogen-bond acceptors (Lipinski definition) is 1. The van der Waals surface area contributed by atoms with Gasteiger partial charge in [-0.15, -0.1) is 11.6 Å². The summed E-state index contributed by atoms with van der Waals surface area (Å²) in [5, 5.41) is 0.143. The molecule has 1 aromatic rings. The maximum Gasteiger partial charge on any atom is 0.253 e. The summed E-state index contributed by atoms with van der Waals surface area (Å²) in [6.45, 7) is 5.06. The van der Waals surface area contributed by atoms with E-state index in [-0.39, 0.29) is 17.1 Å². The molecule has 1 heterocycles. The SMILES string of the molecule is Cc1cc(C(=O)N2CCC(Cl)C(C)C2)ccc1F. The first-order valence-electron chi connectivity index (χ1n) is 6.18. The molecule has 0 spiro atoms. The van der Waals surface area contributed by atoms with Crippen LogP contribution in [0.25, 0.3) is 0 Å². The van der Waals surface area contributed by atoms with Crippen LogP contribution in [0.5, 0.6) is 0 Å². The summed E-state index contributed by atoms with van der Waals surface area (Å²) in [7, 11) is 0. The number of piperidine rings is 1. The molecule has 0 bridgehead atoms. The summed E-state index contributed by atoms with van der Waals surface area (Å²) in [6.07, 6.45) is 0.814. The van der Waals surface area contributed by atoms with Gasteiger partial charge in [-0.1, -0.05) is 6.92 Å². The zero-order valence-electron chi connectivity index (χ0n) is 10.6. The number of carbonyl (C=O) groups is 1. The molecule has 1 saturated heterocycles. The second-order valence-corrected chi connectivity index (χ2v) is 5.56. The van der Waals surface area contributed by atoms with Crippen LogP contribution in [-0.4, -0.2) is 29.3 Å². The van der Waals surface area contributed by atoms with Crippen molar-refractivity contribution in [1.82, 2.24) is 4.90 Å². The Morgan fingerprint density at radius 2 is 2.22 bits per heavy atom. The first-order valence-corrected chi connectivity index (χ1v) is 6.62. The molecule has 4 heteroatoms. The fourth-order valence-corrected chi connectivity index (χ4v) is 2.44. The smallest absolute Gasteiger partial charge is 0.253 e. The van der Waals surface area contributed by atoms with Crippen molar-refractivity contribution in [3.8, 4) is 0 Å². The van der Waals surface area contributed by atoms with Gasteiger partial charge in [0.1, 0.15) is 5.82 Å². The number of alkyl halides is 1. The summed E-state index contributed by atoms with van der Waals surface area (Å²) in [4.78, 5) is 14.1. The predicted molar refractivity (Wildman–Crippen MR) is 70.5 cm³/mol. The van der Waals surface area contributed by atoms with Gasteiger partial charge in [0, 0.05) is 24.0 Å². The molecule has 0 radical (unpaired) electrons. The van der Waals surface area contributed by atoms with E-state index in [9.17, 15) is 9.18 Å². The van der Waals surface area contributed by atoms with Crippen molar-refractivity contribution in [2.75, 3.05) is 13.1 Å². The van der Waals surface area contributed by atoms with Gasteiger partial charge in [-0.25, -0.2) is 4.39 Å². The molecule has 0 aliphatic carbocycles. The van der Waals surface area contributed by atoms with Gasteiger partial charge >= 0.3 is 0 Å². The van der Waals surface area contributed by atoms with E-state index in [1.165, 1.54) is 6.07 Å². The second kappa shape index (κ2) is 5.27. The molecule has 2 atom stereocenters. The van der Waals surface area contributed by atoms with Crippen LogP contribution in [0.1, 0.15) is 29.3 Å². The van der Waals surface area contributed by atoms with Gasteiger partial charge in [-0.2, -0.15) is 0 Å². The van der Waals surface area contributed by atoms with E-state index in [4.69, 9.17) is 11.6 Å². The van der Waals surface area contributed by atoms with E-state index < -0.39 is 0 Å². The molecule has 1 amide bonds. The van der Waals surface area contributed by atoms with Crippen LogP contribution < -0.4 is 0 Å². The Balaban J connectivity index is 2.14. The zero-order chi connectivity index (χ0) is 13.3. The van der Waals surface area contributed by atoms with Gasteiger partial charge in [0.15, 0.2) is 0 Å². The van der Waals surface area contributed by atoms with Gasteiger partial charge in [-0.3, -0.25) is 4.79 Å². The number of hydrogen-bond donors (Lipinski definition) is 0. The number of nitrogens with zero attached hydrogens (tertiary/aromatic N) is 1. The number of rotatable bonds is 1. The van der Waals surface area contributed by atoms with Crippen molar-refractivity contribution >= 4 is 17.5 Å². The summed E-state index contributed by atoms with van der Waals surface area (Å²) in [5.41, 5.74) is 1.05. The number of halogens is 2. The van der Waals surface area contributed by atoms with Crippen LogP contribution in [0, 0.1) is 18.7 Å². The molecule has 1 aliphatic heterocycles. The van der Waals surface area contributed by atoms with E-state index in [0.29, 0.717) is 30.1 Å². The Kier molecular flexibility index (Phi) is 3.91. The first kappa shape index (κ1) is 13.3.